The minimum Gasteiger partial charge on any atom is -0.497 e. The summed E-state index contributed by atoms with van der Waals surface area (Å²) in [5.74, 6) is 1.44. The third-order valence-corrected chi connectivity index (χ3v) is 6.20. The number of methoxy groups -OCH3 is 1. The van der Waals surface area contributed by atoms with Crippen LogP contribution >= 0.6 is 23.1 Å². The molecule has 0 bridgehead atoms. The van der Waals surface area contributed by atoms with Crippen LogP contribution in [0, 0.1) is 0 Å². The Balaban J connectivity index is 1.56. The van der Waals surface area contributed by atoms with Crippen molar-refractivity contribution < 1.29 is 9.53 Å². The Hall–Kier alpha value is -2.38. The van der Waals surface area contributed by atoms with Crippen molar-refractivity contribution in [2.45, 2.75) is 36.3 Å². The standard InChI is InChI=1S/C21H23N3O2S2/c1-21(2,3)16-9-7-15(8-10-16)18(25)22-19-23-24-20(28-19)27-13-14-5-11-17(26-4)12-6-14/h5-12H,13H2,1-4H3,(H,22,23,25). The average Bonchev–Trinajstić information content (AvgIpc) is 3.13. The van der Waals surface area contributed by atoms with Crippen molar-refractivity contribution in [2.24, 2.45) is 0 Å². The van der Waals surface area contributed by atoms with Gasteiger partial charge < -0.3 is 4.74 Å². The van der Waals surface area contributed by atoms with E-state index < -0.39 is 0 Å². The predicted octanol–water partition coefficient (Wildman–Crippen LogP) is 5.39. The molecule has 0 aliphatic rings. The van der Waals surface area contributed by atoms with E-state index in [-0.39, 0.29) is 11.3 Å². The molecule has 1 amide bonds. The van der Waals surface area contributed by atoms with Gasteiger partial charge in [-0.1, -0.05) is 68.1 Å². The number of nitrogens with one attached hydrogen (secondary N) is 1. The van der Waals surface area contributed by atoms with Gasteiger partial charge >= 0.3 is 0 Å². The van der Waals surface area contributed by atoms with Crippen LogP contribution < -0.4 is 10.1 Å². The molecule has 1 N–H and O–H groups in total. The molecule has 0 aliphatic heterocycles. The van der Waals surface area contributed by atoms with Gasteiger partial charge in [-0.3, -0.25) is 10.1 Å². The van der Waals surface area contributed by atoms with Crippen LogP contribution in [0.3, 0.4) is 0 Å². The molecule has 0 atom stereocenters. The van der Waals surface area contributed by atoms with Gasteiger partial charge in [0.05, 0.1) is 7.11 Å². The molecule has 0 unspecified atom stereocenters. The number of ether oxygens (including phenoxy) is 1. The maximum atomic E-state index is 12.4. The van der Waals surface area contributed by atoms with Crippen LogP contribution in [0.25, 0.3) is 0 Å². The van der Waals surface area contributed by atoms with Crippen molar-refractivity contribution >= 4 is 34.1 Å². The Morgan fingerprint density at radius 2 is 1.75 bits per heavy atom. The summed E-state index contributed by atoms with van der Waals surface area (Å²) in [7, 11) is 1.65. The van der Waals surface area contributed by atoms with Gasteiger partial charge in [-0.15, -0.1) is 10.2 Å². The van der Waals surface area contributed by atoms with Crippen LogP contribution in [-0.4, -0.2) is 23.2 Å². The molecule has 5 nitrogen and oxygen atoms in total. The summed E-state index contributed by atoms with van der Waals surface area (Å²) in [6.07, 6.45) is 0. The van der Waals surface area contributed by atoms with Crippen molar-refractivity contribution in [1.29, 1.82) is 0 Å². The quantitative estimate of drug-likeness (QED) is 0.434. The summed E-state index contributed by atoms with van der Waals surface area (Å²) in [5.41, 5.74) is 3.03. The molecule has 28 heavy (non-hydrogen) atoms. The first-order valence-electron chi connectivity index (χ1n) is 8.86. The molecule has 3 aromatic rings. The van der Waals surface area contributed by atoms with Crippen LogP contribution in [0.15, 0.2) is 52.9 Å². The molecule has 0 saturated carbocycles. The van der Waals surface area contributed by atoms with Crippen LogP contribution in [0.4, 0.5) is 5.13 Å². The molecule has 7 heteroatoms. The predicted molar refractivity (Wildman–Crippen MR) is 116 cm³/mol. The van der Waals surface area contributed by atoms with E-state index in [9.17, 15) is 4.79 Å². The lowest BCUT2D eigenvalue weighted by atomic mass is 9.87. The molecule has 0 radical (unpaired) electrons. The second-order valence-electron chi connectivity index (χ2n) is 7.29. The number of rotatable bonds is 6. The average molecular weight is 414 g/mol. The van der Waals surface area contributed by atoms with Crippen LogP contribution in [0.1, 0.15) is 42.3 Å². The zero-order valence-corrected chi connectivity index (χ0v) is 18.0. The highest BCUT2D eigenvalue weighted by molar-refractivity contribution is 8.00. The van der Waals surface area contributed by atoms with E-state index in [1.165, 1.54) is 22.5 Å². The molecular formula is C21H23N3O2S2. The molecular weight excluding hydrogens is 390 g/mol. The Bertz CT molecular complexity index is 930. The fourth-order valence-electron chi connectivity index (χ4n) is 2.48. The van der Waals surface area contributed by atoms with E-state index in [2.05, 4.69) is 36.3 Å². The molecule has 0 saturated heterocycles. The topological polar surface area (TPSA) is 64.1 Å². The second kappa shape index (κ2) is 8.75. The first-order chi connectivity index (χ1) is 13.3. The van der Waals surface area contributed by atoms with E-state index in [1.54, 1.807) is 18.9 Å². The number of anilines is 1. The van der Waals surface area contributed by atoms with Gasteiger partial charge in [-0.25, -0.2) is 0 Å². The lowest BCUT2D eigenvalue weighted by Gasteiger charge is -2.18. The third-order valence-electron chi connectivity index (χ3n) is 4.16. The first kappa shape index (κ1) is 20.4. The molecule has 0 spiro atoms. The number of nitrogens with zero attached hydrogens (tertiary/aromatic N) is 2. The molecule has 1 heterocycles. The lowest BCUT2D eigenvalue weighted by molar-refractivity contribution is 0.102. The van der Waals surface area contributed by atoms with E-state index in [1.807, 2.05) is 48.5 Å². The number of thioether (sulfide) groups is 1. The van der Waals surface area contributed by atoms with E-state index >= 15 is 0 Å². The number of amides is 1. The molecule has 3 rings (SSSR count). The van der Waals surface area contributed by atoms with E-state index in [0.29, 0.717) is 10.7 Å². The largest absolute Gasteiger partial charge is 0.497 e. The highest BCUT2D eigenvalue weighted by Gasteiger charge is 2.15. The van der Waals surface area contributed by atoms with Crippen molar-refractivity contribution in [1.82, 2.24) is 10.2 Å². The zero-order chi connectivity index (χ0) is 20.1. The van der Waals surface area contributed by atoms with Gasteiger partial charge in [-0.2, -0.15) is 0 Å². The fourth-order valence-corrected chi connectivity index (χ4v) is 4.18. The minimum atomic E-state index is -0.177. The molecule has 1 aromatic heterocycles. The van der Waals surface area contributed by atoms with Gasteiger partial charge in [0.1, 0.15) is 5.75 Å². The Morgan fingerprint density at radius 1 is 1.07 bits per heavy atom. The summed E-state index contributed by atoms with van der Waals surface area (Å²) in [6.45, 7) is 6.44. The third kappa shape index (κ3) is 5.33. The number of hydrogen-bond acceptors (Lipinski definition) is 6. The number of benzene rings is 2. The second-order valence-corrected chi connectivity index (χ2v) is 9.49. The summed E-state index contributed by atoms with van der Waals surface area (Å²) < 4.78 is 5.98. The van der Waals surface area contributed by atoms with Gasteiger partial charge in [-0.05, 0) is 40.8 Å². The Labute approximate surface area is 173 Å². The highest BCUT2D eigenvalue weighted by Crippen LogP contribution is 2.29. The van der Waals surface area contributed by atoms with Crippen molar-refractivity contribution in [2.75, 3.05) is 12.4 Å². The van der Waals surface area contributed by atoms with Gasteiger partial charge in [0.2, 0.25) is 5.13 Å². The minimum absolute atomic E-state index is 0.0598. The Morgan fingerprint density at radius 3 is 2.36 bits per heavy atom. The fraction of sp³-hybridized carbons (Fsp3) is 0.286. The molecule has 0 aliphatic carbocycles. The van der Waals surface area contributed by atoms with Crippen molar-refractivity contribution in [3.05, 3.63) is 65.2 Å². The maximum Gasteiger partial charge on any atom is 0.257 e. The number of carbonyl (C=O) groups excluding carboxylic acids is 1. The molecule has 0 fully saturated rings. The summed E-state index contributed by atoms with van der Waals surface area (Å²) in [4.78, 5) is 12.4. The van der Waals surface area contributed by atoms with Crippen molar-refractivity contribution in [3.8, 4) is 5.75 Å². The SMILES string of the molecule is COc1ccc(CSc2nnc(NC(=O)c3ccc(C(C)(C)C)cc3)s2)cc1. The molecule has 146 valence electrons. The van der Waals surface area contributed by atoms with Gasteiger partial charge in [0.25, 0.3) is 5.91 Å². The number of carbonyl (C=O) groups is 1. The van der Waals surface area contributed by atoms with Crippen molar-refractivity contribution in [3.63, 3.8) is 0 Å². The molecule has 2 aromatic carbocycles. The smallest absolute Gasteiger partial charge is 0.257 e. The lowest BCUT2D eigenvalue weighted by Crippen LogP contribution is -2.14. The number of aromatic nitrogens is 2. The zero-order valence-electron chi connectivity index (χ0n) is 16.4. The maximum absolute atomic E-state index is 12.4. The highest BCUT2D eigenvalue weighted by atomic mass is 32.2. The summed E-state index contributed by atoms with van der Waals surface area (Å²) in [5, 5.41) is 11.6. The summed E-state index contributed by atoms with van der Waals surface area (Å²) >= 11 is 2.96. The van der Waals surface area contributed by atoms with E-state index in [4.69, 9.17) is 4.74 Å². The monoisotopic (exact) mass is 413 g/mol. The van der Waals surface area contributed by atoms with Crippen LogP contribution in [0.2, 0.25) is 0 Å². The van der Waals surface area contributed by atoms with E-state index in [0.717, 1.165) is 15.8 Å². The number of hydrogen-bond donors (Lipinski definition) is 1. The van der Waals surface area contributed by atoms with Crippen LogP contribution in [-0.2, 0) is 11.2 Å². The summed E-state index contributed by atoms with van der Waals surface area (Å²) in [6, 6.07) is 15.6. The van der Waals surface area contributed by atoms with Crippen LogP contribution in [0.5, 0.6) is 5.75 Å². The normalized spacial score (nSPS) is 11.3. The van der Waals surface area contributed by atoms with Gasteiger partial charge in [0.15, 0.2) is 4.34 Å². The Kier molecular flexibility index (Phi) is 6.36. The van der Waals surface area contributed by atoms with Gasteiger partial charge in [0, 0.05) is 11.3 Å². The first-order valence-corrected chi connectivity index (χ1v) is 10.7.